The number of carbonyl (C=O) groups is 1. The summed E-state index contributed by atoms with van der Waals surface area (Å²) in [6.45, 7) is 1.36. The van der Waals surface area contributed by atoms with Crippen LogP contribution in [0.4, 0.5) is 5.69 Å². The number of nitrogens with two attached hydrogens (primary N) is 2. The van der Waals surface area contributed by atoms with Crippen LogP contribution in [0.1, 0.15) is 10.6 Å². The van der Waals surface area contributed by atoms with Gasteiger partial charge in [-0.25, -0.2) is 4.98 Å². The number of anilines is 1. The average molecular weight is 276 g/mol. The van der Waals surface area contributed by atoms with Gasteiger partial charge in [-0.1, -0.05) is 18.2 Å². The number of primary amides is 1. The van der Waals surface area contributed by atoms with E-state index in [2.05, 4.69) is 4.98 Å². The minimum absolute atomic E-state index is 0.188. The van der Waals surface area contributed by atoms with Crippen LogP contribution in [-0.2, 0) is 17.9 Å². The predicted molar refractivity (Wildman–Crippen MR) is 76.3 cm³/mol. The topological polar surface area (TPSA) is 85.2 Å². The molecule has 0 radical (unpaired) electrons. The lowest BCUT2D eigenvalue weighted by molar-refractivity contribution is -0.119. The van der Waals surface area contributed by atoms with Gasteiger partial charge in [0.15, 0.2) is 0 Å². The van der Waals surface area contributed by atoms with Crippen LogP contribution < -0.4 is 11.5 Å². The summed E-state index contributed by atoms with van der Waals surface area (Å²) in [4.78, 5) is 17.3. The number of aromatic nitrogens is 1. The number of para-hydroxylation sites is 1. The Kier molecular flexibility index (Phi) is 4.48. The third-order valence-electron chi connectivity index (χ3n) is 2.67. The zero-order valence-electron chi connectivity index (χ0n) is 10.5. The maximum Gasteiger partial charge on any atom is 0.231 e. The Hall–Kier alpha value is -1.92. The molecule has 0 saturated carbocycles. The molecule has 0 bridgehead atoms. The summed E-state index contributed by atoms with van der Waals surface area (Å²) in [5, 5.41) is 2.87. The number of nitrogen functional groups attached to an aromatic ring is 1. The first kappa shape index (κ1) is 13.5. The van der Waals surface area contributed by atoms with E-state index in [-0.39, 0.29) is 12.5 Å². The lowest BCUT2D eigenvalue weighted by atomic mass is 10.1. The second kappa shape index (κ2) is 6.31. The van der Waals surface area contributed by atoms with Crippen molar-refractivity contribution in [2.24, 2.45) is 5.73 Å². The highest BCUT2D eigenvalue weighted by atomic mass is 32.1. The van der Waals surface area contributed by atoms with Crippen molar-refractivity contribution in [2.45, 2.75) is 13.1 Å². The molecule has 4 N–H and O–H groups in total. The molecule has 0 spiro atoms. The van der Waals surface area contributed by atoms with Crippen LogP contribution in [0.3, 0.4) is 0 Å². The van der Waals surface area contributed by atoms with Crippen molar-refractivity contribution in [3.8, 4) is 0 Å². The van der Waals surface area contributed by atoms with Gasteiger partial charge >= 0.3 is 0 Å². The molecule has 19 heavy (non-hydrogen) atoms. The fraction of sp³-hybridized carbons (Fsp3) is 0.231. The zero-order chi connectivity index (χ0) is 13.7. The van der Waals surface area contributed by atoms with Crippen LogP contribution in [0.25, 0.3) is 0 Å². The van der Waals surface area contributed by atoms with Crippen molar-refractivity contribution in [1.82, 2.24) is 9.88 Å². The molecular formula is C13H16N4OS. The van der Waals surface area contributed by atoms with Gasteiger partial charge < -0.3 is 11.5 Å². The second-order valence-electron chi connectivity index (χ2n) is 4.24. The second-order valence-corrected chi connectivity index (χ2v) is 5.22. The Morgan fingerprint density at radius 2 is 2.11 bits per heavy atom. The minimum atomic E-state index is -0.356. The number of benzene rings is 1. The van der Waals surface area contributed by atoms with Crippen LogP contribution in [0.15, 0.2) is 35.8 Å². The minimum Gasteiger partial charge on any atom is -0.398 e. The van der Waals surface area contributed by atoms with Gasteiger partial charge in [0, 0.05) is 23.8 Å². The molecule has 5 nitrogen and oxygen atoms in total. The lowest BCUT2D eigenvalue weighted by Gasteiger charge is -2.20. The number of rotatable bonds is 6. The summed E-state index contributed by atoms with van der Waals surface area (Å²) in [6, 6.07) is 7.61. The molecule has 0 saturated heterocycles. The molecule has 0 atom stereocenters. The molecule has 1 heterocycles. The Balaban J connectivity index is 2.09. The van der Waals surface area contributed by atoms with E-state index >= 15 is 0 Å². The van der Waals surface area contributed by atoms with Gasteiger partial charge in [-0.2, -0.15) is 0 Å². The SMILES string of the molecule is NC(=O)CN(Cc1nccs1)Cc1ccccc1N. The predicted octanol–water partition coefficient (Wildman–Crippen LogP) is 1.21. The maximum absolute atomic E-state index is 11.1. The van der Waals surface area contributed by atoms with Gasteiger partial charge in [0.25, 0.3) is 0 Å². The third-order valence-corrected chi connectivity index (χ3v) is 3.44. The summed E-state index contributed by atoms with van der Waals surface area (Å²) in [5.74, 6) is -0.356. The lowest BCUT2D eigenvalue weighted by Crippen LogP contribution is -2.33. The fourth-order valence-electron chi connectivity index (χ4n) is 1.83. The fourth-order valence-corrected chi connectivity index (χ4v) is 2.49. The molecule has 0 unspecified atom stereocenters. The van der Waals surface area contributed by atoms with Crippen molar-refractivity contribution in [3.05, 3.63) is 46.4 Å². The van der Waals surface area contributed by atoms with Crippen LogP contribution in [0.5, 0.6) is 0 Å². The van der Waals surface area contributed by atoms with E-state index in [1.165, 1.54) is 0 Å². The molecule has 0 aliphatic rings. The highest BCUT2D eigenvalue weighted by Crippen LogP contribution is 2.16. The highest BCUT2D eigenvalue weighted by molar-refractivity contribution is 7.09. The largest absolute Gasteiger partial charge is 0.398 e. The number of nitrogens with zero attached hydrogens (tertiary/aromatic N) is 2. The zero-order valence-corrected chi connectivity index (χ0v) is 11.3. The van der Waals surface area contributed by atoms with E-state index in [0.717, 1.165) is 16.3 Å². The molecule has 1 aromatic carbocycles. The first-order chi connectivity index (χ1) is 9.15. The smallest absolute Gasteiger partial charge is 0.231 e. The van der Waals surface area contributed by atoms with Gasteiger partial charge in [-0.15, -0.1) is 11.3 Å². The van der Waals surface area contributed by atoms with Gasteiger partial charge in [-0.05, 0) is 11.6 Å². The van der Waals surface area contributed by atoms with Crippen molar-refractivity contribution >= 4 is 22.9 Å². The molecule has 1 amide bonds. The van der Waals surface area contributed by atoms with Crippen molar-refractivity contribution in [1.29, 1.82) is 0 Å². The van der Waals surface area contributed by atoms with E-state index in [1.54, 1.807) is 17.5 Å². The first-order valence-electron chi connectivity index (χ1n) is 5.87. The number of carbonyl (C=O) groups excluding carboxylic acids is 1. The maximum atomic E-state index is 11.1. The monoisotopic (exact) mass is 276 g/mol. The summed E-state index contributed by atoms with van der Waals surface area (Å²) in [6.07, 6.45) is 1.75. The normalized spacial score (nSPS) is 10.8. The molecular weight excluding hydrogens is 260 g/mol. The average Bonchev–Trinajstić information content (AvgIpc) is 2.84. The Labute approximate surface area is 115 Å². The standard InChI is InChI=1S/C13H16N4OS/c14-11-4-2-1-3-10(11)7-17(8-12(15)18)9-13-16-5-6-19-13/h1-6H,7-9,14H2,(H2,15,18). The number of hydrogen-bond acceptors (Lipinski definition) is 5. The number of thiazole rings is 1. The van der Waals surface area contributed by atoms with Crippen molar-refractivity contribution in [2.75, 3.05) is 12.3 Å². The molecule has 1 aromatic heterocycles. The van der Waals surface area contributed by atoms with Gasteiger partial charge in [-0.3, -0.25) is 9.69 Å². The van der Waals surface area contributed by atoms with Crippen LogP contribution in [0, 0.1) is 0 Å². The van der Waals surface area contributed by atoms with E-state index in [9.17, 15) is 4.79 Å². The van der Waals surface area contributed by atoms with Gasteiger partial charge in [0.2, 0.25) is 5.91 Å². The number of hydrogen-bond donors (Lipinski definition) is 2. The number of amides is 1. The van der Waals surface area contributed by atoms with E-state index < -0.39 is 0 Å². The van der Waals surface area contributed by atoms with E-state index in [0.29, 0.717) is 13.1 Å². The van der Waals surface area contributed by atoms with Crippen molar-refractivity contribution in [3.63, 3.8) is 0 Å². The van der Waals surface area contributed by atoms with E-state index in [4.69, 9.17) is 11.5 Å². The van der Waals surface area contributed by atoms with Crippen LogP contribution in [0.2, 0.25) is 0 Å². The van der Waals surface area contributed by atoms with Crippen LogP contribution >= 0.6 is 11.3 Å². The Bertz CT molecular complexity index is 541. The summed E-state index contributed by atoms with van der Waals surface area (Å²) >= 11 is 1.56. The summed E-state index contributed by atoms with van der Waals surface area (Å²) < 4.78 is 0. The van der Waals surface area contributed by atoms with Crippen molar-refractivity contribution < 1.29 is 4.79 Å². The third kappa shape index (κ3) is 4.04. The molecule has 0 aliphatic carbocycles. The highest BCUT2D eigenvalue weighted by Gasteiger charge is 2.12. The molecule has 6 heteroatoms. The molecule has 2 aromatic rings. The Morgan fingerprint density at radius 3 is 2.74 bits per heavy atom. The molecule has 2 rings (SSSR count). The van der Waals surface area contributed by atoms with Gasteiger partial charge in [0.05, 0.1) is 13.1 Å². The molecule has 0 fully saturated rings. The Morgan fingerprint density at radius 1 is 1.32 bits per heavy atom. The first-order valence-corrected chi connectivity index (χ1v) is 6.75. The van der Waals surface area contributed by atoms with E-state index in [1.807, 2.05) is 34.5 Å². The summed E-state index contributed by atoms with van der Waals surface area (Å²) in [7, 11) is 0. The van der Waals surface area contributed by atoms with Crippen LogP contribution in [-0.4, -0.2) is 22.3 Å². The quantitative estimate of drug-likeness (QED) is 0.777. The summed E-state index contributed by atoms with van der Waals surface area (Å²) in [5.41, 5.74) is 12.9. The van der Waals surface area contributed by atoms with Gasteiger partial charge in [0.1, 0.15) is 5.01 Å². The molecule has 0 aliphatic heterocycles. The molecule has 100 valence electrons.